The fraction of sp³-hybridized carbons (Fsp3) is 0.118. The van der Waals surface area contributed by atoms with Crippen LogP contribution in [0.4, 0.5) is 0 Å². The van der Waals surface area contributed by atoms with E-state index in [9.17, 15) is 20.1 Å². The van der Waals surface area contributed by atoms with Crippen LogP contribution in [0.3, 0.4) is 0 Å². The van der Waals surface area contributed by atoms with Crippen molar-refractivity contribution >= 4 is 12.0 Å². The molecule has 0 fully saturated rings. The molecule has 0 atom stereocenters. The Kier molecular flexibility index (Phi) is 3.47. The average molecular weight is 297 g/mol. The smallest absolute Gasteiger partial charge is 0.352 e. The zero-order valence-corrected chi connectivity index (χ0v) is 11.7. The maximum absolute atomic E-state index is 11.5. The lowest BCUT2D eigenvalue weighted by atomic mass is 10.0. The normalized spacial score (nSPS) is 13.5. The number of phenols is 2. The number of carbonyl (C=O) groups is 1. The lowest BCUT2D eigenvalue weighted by Crippen LogP contribution is -2.29. The van der Waals surface area contributed by atoms with E-state index < -0.39 is 5.97 Å². The summed E-state index contributed by atoms with van der Waals surface area (Å²) in [6.45, 7) is 0.816. The number of aliphatic carboxylic acids is 1. The third-order valence-electron chi connectivity index (χ3n) is 3.68. The first-order valence-electron chi connectivity index (χ1n) is 6.83. The minimum absolute atomic E-state index is 0.193. The highest BCUT2D eigenvalue weighted by Gasteiger charge is 2.23. The SMILES string of the molecule is O=C(O)C1=Cc2ccccc2CN1Cc1ccc(O)c(O)c1. The molecule has 0 aliphatic carbocycles. The molecule has 0 unspecified atom stereocenters. The number of rotatable bonds is 3. The van der Waals surface area contributed by atoms with Crippen LogP contribution in [0.2, 0.25) is 0 Å². The van der Waals surface area contributed by atoms with Gasteiger partial charge in [0.15, 0.2) is 11.5 Å². The Morgan fingerprint density at radius 1 is 1.09 bits per heavy atom. The summed E-state index contributed by atoms with van der Waals surface area (Å²) in [4.78, 5) is 13.2. The highest BCUT2D eigenvalue weighted by molar-refractivity contribution is 5.92. The first-order valence-corrected chi connectivity index (χ1v) is 6.83. The number of fused-ring (bicyclic) bond motifs is 1. The van der Waals surface area contributed by atoms with E-state index in [1.807, 2.05) is 24.3 Å². The number of hydrogen-bond donors (Lipinski definition) is 3. The van der Waals surface area contributed by atoms with Gasteiger partial charge in [0.25, 0.3) is 0 Å². The summed E-state index contributed by atoms with van der Waals surface area (Å²) in [5.41, 5.74) is 2.90. The van der Waals surface area contributed by atoms with Crippen LogP contribution >= 0.6 is 0 Å². The number of aromatic hydroxyl groups is 2. The van der Waals surface area contributed by atoms with Gasteiger partial charge in [-0.1, -0.05) is 30.3 Å². The molecule has 22 heavy (non-hydrogen) atoms. The van der Waals surface area contributed by atoms with Gasteiger partial charge in [-0.3, -0.25) is 0 Å². The molecule has 0 bridgehead atoms. The van der Waals surface area contributed by atoms with Crippen molar-refractivity contribution in [2.45, 2.75) is 13.1 Å². The molecule has 0 saturated carbocycles. The van der Waals surface area contributed by atoms with Crippen LogP contribution in [0.15, 0.2) is 48.2 Å². The first kappa shape index (κ1) is 14.0. The Morgan fingerprint density at radius 2 is 1.86 bits per heavy atom. The molecule has 5 heteroatoms. The fourth-order valence-electron chi connectivity index (χ4n) is 2.57. The van der Waals surface area contributed by atoms with Gasteiger partial charge in [-0.2, -0.15) is 0 Å². The molecule has 0 radical (unpaired) electrons. The third kappa shape index (κ3) is 2.61. The Bertz CT molecular complexity index is 767. The van der Waals surface area contributed by atoms with Crippen LogP contribution < -0.4 is 0 Å². The van der Waals surface area contributed by atoms with Crippen LogP contribution in [0.5, 0.6) is 11.5 Å². The lowest BCUT2D eigenvalue weighted by Gasteiger charge is -2.29. The summed E-state index contributed by atoms with van der Waals surface area (Å²) < 4.78 is 0. The molecule has 0 amide bonds. The Hall–Kier alpha value is -2.95. The zero-order chi connectivity index (χ0) is 15.7. The van der Waals surface area contributed by atoms with Crippen molar-refractivity contribution in [1.82, 2.24) is 4.90 Å². The van der Waals surface area contributed by atoms with E-state index >= 15 is 0 Å². The predicted molar refractivity (Wildman–Crippen MR) is 81.1 cm³/mol. The van der Waals surface area contributed by atoms with E-state index in [1.54, 1.807) is 17.0 Å². The summed E-state index contributed by atoms with van der Waals surface area (Å²) in [7, 11) is 0. The number of carboxylic acid groups (broad SMARTS) is 1. The largest absolute Gasteiger partial charge is 0.504 e. The van der Waals surface area contributed by atoms with E-state index in [0.29, 0.717) is 13.1 Å². The van der Waals surface area contributed by atoms with E-state index in [1.165, 1.54) is 12.1 Å². The standard InChI is InChI=1S/C17H15NO4/c19-15-6-5-11(7-16(15)20)9-18-10-13-4-2-1-3-12(13)8-14(18)17(21)22/h1-8,19-20H,9-10H2,(H,21,22). The van der Waals surface area contributed by atoms with E-state index in [2.05, 4.69) is 0 Å². The van der Waals surface area contributed by atoms with Crippen LogP contribution in [-0.4, -0.2) is 26.2 Å². The molecule has 1 aliphatic heterocycles. The predicted octanol–water partition coefficient (Wildman–Crippen LogP) is 2.54. The number of phenolic OH excluding ortho intramolecular Hbond substituents is 2. The molecule has 0 aromatic heterocycles. The van der Waals surface area contributed by atoms with Crippen molar-refractivity contribution in [3.63, 3.8) is 0 Å². The summed E-state index contributed by atoms with van der Waals surface area (Å²) >= 11 is 0. The van der Waals surface area contributed by atoms with E-state index in [0.717, 1.165) is 16.7 Å². The fourth-order valence-corrected chi connectivity index (χ4v) is 2.57. The Labute approximate surface area is 127 Å². The van der Waals surface area contributed by atoms with Crippen LogP contribution in [-0.2, 0) is 17.9 Å². The molecular formula is C17H15NO4. The van der Waals surface area contributed by atoms with E-state index in [-0.39, 0.29) is 17.2 Å². The summed E-state index contributed by atoms with van der Waals surface area (Å²) in [6.07, 6.45) is 1.65. The van der Waals surface area contributed by atoms with Gasteiger partial charge in [0, 0.05) is 13.1 Å². The maximum atomic E-state index is 11.5. The number of nitrogens with zero attached hydrogens (tertiary/aromatic N) is 1. The Balaban J connectivity index is 1.93. The monoisotopic (exact) mass is 297 g/mol. The van der Waals surface area contributed by atoms with Gasteiger partial charge in [-0.25, -0.2) is 4.79 Å². The number of carboxylic acids is 1. The van der Waals surface area contributed by atoms with Crippen molar-refractivity contribution in [1.29, 1.82) is 0 Å². The van der Waals surface area contributed by atoms with Gasteiger partial charge in [-0.05, 0) is 34.9 Å². The van der Waals surface area contributed by atoms with Crippen molar-refractivity contribution in [2.75, 3.05) is 0 Å². The summed E-state index contributed by atoms with van der Waals surface area (Å²) in [5, 5.41) is 28.3. The van der Waals surface area contributed by atoms with Gasteiger partial charge in [-0.15, -0.1) is 0 Å². The molecule has 0 spiro atoms. The van der Waals surface area contributed by atoms with Gasteiger partial charge >= 0.3 is 5.97 Å². The van der Waals surface area contributed by atoms with E-state index in [4.69, 9.17) is 0 Å². The Morgan fingerprint density at radius 3 is 2.59 bits per heavy atom. The molecule has 2 aromatic rings. The maximum Gasteiger partial charge on any atom is 0.352 e. The van der Waals surface area contributed by atoms with Gasteiger partial charge in [0.05, 0.1) is 0 Å². The van der Waals surface area contributed by atoms with Gasteiger partial charge in [0.2, 0.25) is 0 Å². The second-order valence-corrected chi connectivity index (χ2v) is 5.21. The highest BCUT2D eigenvalue weighted by Crippen LogP contribution is 2.29. The molecule has 0 saturated heterocycles. The lowest BCUT2D eigenvalue weighted by molar-refractivity contribution is -0.134. The quantitative estimate of drug-likeness (QED) is 0.759. The second-order valence-electron chi connectivity index (χ2n) is 5.21. The zero-order valence-electron chi connectivity index (χ0n) is 11.7. The van der Waals surface area contributed by atoms with Crippen LogP contribution in [0.1, 0.15) is 16.7 Å². The molecule has 1 heterocycles. The number of benzene rings is 2. The van der Waals surface area contributed by atoms with Crippen LogP contribution in [0, 0.1) is 0 Å². The minimum atomic E-state index is -0.988. The summed E-state index contributed by atoms with van der Waals surface area (Å²) in [6, 6.07) is 12.1. The van der Waals surface area contributed by atoms with Crippen molar-refractivity contribution in [2.24, 2.45) is 0 Å². The molecule has 3 N–H and O–H groups in total. The molecule has 112 valence electrons. The first-order chi connectivity index (χ1) is 10.5. The van der Waals surface area contributed by atoms with Crippen molar-refractivity contribution in [3.8, 4) is 11.5 Å². The minimum Gasteiger partial charge on any atom is -0.504 e. The third-order valence-corrected chi connectivity index (χ3v) is 3.68. The van der Waals surface area contributed by atoms with Crippen molar-refractivity contribution < 1.29 is 20.1 Å². The topological polar surface area (TPSA) is 81.0 Å². The van der Waals surface area contributed by atoms with Gasteiger partial charge < -0.3 is 20.2 Å². The molecule has 2 aromatic carbocycles. The molecule has 3 rings (SSSR count). The molecule has 1 aliphatic rings. The van der Waals surface area contributed by atoms with Crippen molar-refractivity contribution in [3.05, 3.63) is 64.9 Å². The molecular weight excluding hydrogens is 282 g/mol. The van der Waals surface area contributed by atoms with Gasteiger partial charge in [0.1, 0.15) is 5.70 Å². The average Bonchev–Trinajstić information content (AvgIpc) is 2.50. The molecule has 5 nitrogen and oxygen atoms in total. The highest BCUT2D eigenvalue weighted by atomic mass is 16.4. The second kappa shape index (κ2) is 5.44. The number of hydrogen-bond acceptors (Lipinski definition) is 4. The summed E-state index contributed by atoms with van der Waals surface area (Å²) in [5.74, 6) is -1.39. The van der Waals surface area contributed by atoms with Crippen LogP contribution in [0.25, 0.3) is 6.08 Å².